The number of aromatic nitrogens is 2. The summed E-state index contributed by atoms with van der Waals surface area (Å²) in [4.78, 5) is 21.1. The zero-order valence-corrected chi connectivity index (χ0v) is 15.7. The van der Waals surface area contributed by atoms with E-state index in [4.69, 9.17) is 0 Å². The third-order valence-corrected chi connectivity index (χ3v) is 4.83. The van der Waals surface area contributed by atoms with Crippen LogP contribution in [0, 0.1) is 0 Å². The molecular weight excluding hydrogens is 389 g/mol. The van der Waals surface area contributed by atoms with Crippen LogP contribution >= 0.6 is 11.3 Å². The van der Waals surface area contributed by atoms with Crippen molar-refractivity contribution in [3.05, 3.63) is 54.4 Å². The van der Waals surface area contributed by atoms with E-state index in [0.29, 0.717) is 22.9 Å². The molecule has 0 radical (unpaired) electrons. The number of halogens is 3. The van der Waals surface area contributed by atoms with Crippen molar-refractivity contribution in [2.24, 2.45) is 0 Å². The Bertz CT molecular complexity index is 940. The van der Waals surface area contributed by atoms with E-state index < -0.39 is 11.7 Å². The summed E-state index contributed by atoms with van der Waals surface area (Å²) < 4.78 is 38.5. The molecule has 9 heteroatoms. The number of urea groups is 1. The summed E-state index contributed by atoms with van der Waals surface area (Å²) in [6.45, 7) is 2.47. The maximum absolute atomic E-state index is 12.8. The molecule has 0 saturated carbocycles. The van der Waals surface area contributed by atoms with Crippen LogP contribution in [0.15, 0.2) is 48.8 Å². The van der Waals surface area contributed by atoms with Crippen molar-refractivity contribution in [1.29, 1.82) is 0 Å². The topological polar surface area (TPSA) is 66.9 Å². The van der Waals surface area contributed by atoms with Gasteiger partial charge in [-0.25, -0.2) is 9.78 Å². The first-order chi connectivity index (χ1) is 13.4. The van der Waals surface area contributed by atoms with Crippen molar-refractivity contribution >= 4 is 22.5 Å². The maximum atomic E-state index is 12.8. The van der Waals surface area contributed by atoms with Crippen LogP contribution in [0.2, 0.25) is 0 Å². The number of pyridine rings is 1. The molecule has 3 rings (SSSR count). The van der Waals surface area contributed by atoms with Crippen LogP contribution in [-0.4, -0.2) is 22.5 Å². The fraction of sp³-hybridized carbons (Fsp3) is 0.211. The van der Waals surface area contributed by atoms with Gasteiger partial charge in [-0.3, -0.25) is 10.3 Å². The summed E-state index contributed by atoms with van der Waals surface area (Å²) in [5.74, 6) is 0. The Kier molecular flexibility index (Phi) is 5.93. The molecule has 2 amide bonds. The number of thiazole rings is 1. The molecule has 0 unspecified atom stereocenters. The monoisotopic (exact) mass is 406 g/mol. The number of nitrogens with one attached hydrogen (secondary N) is 2. The van der Waals surface area contributed by atoms with E-state index in [-0.39, 0.29) is 6.03 Å². The fourth-order valence-corrected chi connectivity index (χ4v) is 3.45. The maximum Gasteiger partial charge on any atom is 0.416 e. The number of anilines is 1. The van der Waals surface area contributed by atoms with Crippen molar-refractivity contribution in [2.45, 2.75) is 19.5 Å². The van der Waals surface area contributed by atoms with E-state index in [2.05, 4.69) is 20.6 Å². The third-order valence-electron chi connectivity index (χ3n) is 3.81. The Morgan fingerprint density at radius 3 is 2.36 bits per heavy atom. The molecule has 0 atom stereocenters. The highest BCUT2D eigenvalue weighted by atomic mass is 32.1. The number of alkyl halides is 3. The summed E-state index contributed by atoms with van der Waals surface area (Å²) in [6, 6.07) is 7.98. The molecule has 5 nitrogen and oxygen atoms in total. The van der Waals surface area contributed by atoms with Crippen molar-refractivity contribution in [2.75, 3.05) is 11.9 Å². The summed E-state index contributed by atoms with van der Waals surface area (Å²) in [5, 5.41) is 5.73. The lowest BCUT2D eigenvalue weighted by molar-refractivity contribution is -0.137. The number of rotatable bonds is 5. The average Bonchev–Trinajstić information content (AvgIpc) is 3.10. The second-order valence-corrected chi connectivity index (χ2v) is 6.89. The first-order valence-corrected chi connectivity index (χ1v) is 9.34. The SMILES string of the molecule is CCCNC(=O)Nc1nc(-c2ccc(C(F)(F)F)cc2)c(-c2ccncc2)s1. The quantitative estimate of drug-likeness (QED) is 0.594. The van der Waals surface area contributed by atoms with Crippen molar-refractivity contribution in [3.63, 3.8) is 0 Å². The Balaban J connectivity index is 1.97. The number of hydrogen-bond acceptors (Lipinski definition) is 4. The molecule has 0 bridgehead atoms. The van der Waals surface area contributed by atoms with Gasteiger partial charge in [0.25, 0.3) is 0 Å². The Hall–Kier alpha value is -2.94. The molecular formula is C19H17F3N4OS. The van der Waals surface area contributed by atoms with Gasteiger partial charge in [0, 0.05) is 24.5 Å². The number of nitrogens with zero attached hydrogens (tertiary/aromatic N) is 2. The molecule has 0 fully saturated rings. The number of hydrogen-bond donors (Lipinski definition) is 2. The number of amides is 2. The van der Waals surface area contributed by atoms with Crippen LogP contribution in [0.1, 0.15) is 18.9 Å². The highest BCUT2D eigenvalue weighted by molar-refractivity contribution is 7.19. The Morgan fingerprint density at radius 2 is 1.75 bits per heavy atom. The number of carbonyl (C=O) groups excluding carboxylic acids is 1. The van der Waals surface area contributed by atoms with Gasteiger partial charge in [-0.1, -0.05) is 30.4 Å². The summed E-state index contributed by atoms with van der Waals surface area (Å²) in [5.41, 5.74) is 1.10. The number of benzene rings is 1. The van der Waals surface area contributed by atoms with Crippen LogP contribution in [0.5, 0.6) is 0 Å². The highest BCUT2D eigenvalue weighted by Crippen LogP contribution is 2.39. The van der Waals surface area contributed by atoms with E-state index in [0.717, 1.165) is 29.0 Å². The predicted molar refractivity (Wildman–Crippen MR) is 103 cm³/mol. The van der Waals surface area contributed by atoms with Gasteiger partial charge in [-0.15, -0.1) is 0 Å². The van der Waals surface area contributed by atoms with E-state index in [1.165, 1.54) is 23.5 Å². The Labute approximate surface area is 163 Å². The third kappa shape index (κ3) is 4.66. The minimum atomic E-state index is -4.40. The molecule has 28 heavy (non-hydrogen) atoms. The zero-order valence-electron chi connectivity index (χ0n) is 14.9. The van der Waals surface area contributed by atoms with Crippen LogP contribution < -0.4 is 10.6 Å². The van der Waals surface area contributed by atoms with E-state index in [1.54, 1.807) is 24.5 Å². The van der Waals surface area contributed by atoms with E-state index in [1.807, 2.05) is 6.92 Å². The molecule has 2 heterocycles. The summed E-state index contributed by atoms with van der Waals surface area (Å²) in [7, 11) is 0. The smallest absolute Gasteiger partial charge is 0.338 e. The molecule has 0 aliphatic carbocycles. The van der Waals surface area contributed by atoms with Crippen LogP contribution in [-0.2, 0) is 6.18 Å². The molecule has 3 aromatic rings. The lowest BCUT2D eigenvalue weighted by atomic mass is 10.1. The zero-order chi connectivity index (χ0) is 20.1. The minimum absolute atomic E-state index is 0.357. The van der Waals surface area contributed by atoms with Gasteiger partial charge in [0.2, 0.25) is 0 Å². The van der Waals surface area contributed by atoms with Crippen molar-refractivity contribution in [3.8, 4) is 21.7 Å². The summed E-state index contributed by atoms with van der Waals surface area (Å²) >= 11 is 1.25. The van der Waals surface area contributed by atoms with Crippen LogP contribution in [0.3, 0.4) is 0 Å². The van der Waals surface area contributed by atoms with Gasteiger partial charge in [-0.2, -0.15) is 13.2 Å². The highest BCUT2D eigenvalue weighted by Gasteiger charge is 2.30. The van der Waals surface area contributed by atoms with Crippen LogP contribution in [0.25, 0.3) is 21.7 Å². The van der Waals surface area contributed by atoms with Gasteiger partial charge in [-0.05, 0) is 36.2 Å². The lowest BCUT2D eigenvalue weighted by Crippen LogP contribution is -2.29. The van der Waals surface area contributed by atoms with Crippen LogP contribution in [0.4, 0.5) is 23.1 Å². The Morgan fingerprint density at radius 1 is 1.07 bits per heavy atom. The van der Waals surface area contributed by atoms with Gasteiger partial charge in [0.15, 0.2) is 5.13 Å². The van der Waals surface area contributed by atoms with Gasteiger partial charge in [0.05, 0.1) is 16.1 Å². The molecule has 2 aromatic heterocycles. The molecule has 0 aliphatic rings. The number of carbonyl (C=O) groups is 1. The molecule has 0 saturated heterocycles. The lowest BCUT2D eigenvalue weighted by Gasteiger charge is -2.07. The first kappa shape index (κ1) is 19.8. The van der Waals surface area contributed by atoms with Crippen molar-refractivity contribution < 1.29 is 18.0 Å². The molecule has 0 spiro atoms. The van der Waals surface area contributed by atoms with Crippen molar-refractivity contribution in [1.82, 2.24) is 15.3 Å². The van der Waals surface area contributed by atoms with E-state index in [9.17, 15) is 18.0 Å². The second-order valence-electron chi connectivity index (χ2n) is 5.89. The summed E-state index contributed by atoms with van der Waals surface area (Å²) in [6.07, 6.45) is -0.373. The average molecular weight is 406 g/mol. The predicted octanol–water partition coefficient (Wildman–Crippen LogP) is 5.42. The molecule has 0 aliphatic heterocycles. The normalized spacial score (nSPS) is 11.3. The van der Waals surface area contributed by atoms with Gasteiger partial charge < -0.3 is 5.32 Å². The molecule has 2 N–H and O–H groups in total. The van der Waals surface area contributed by atoms with Gasteiger partial charge in [0.1, 0.15) is 0 Å². The second kappa shape index (κ2) is 8.39. The molecule has 146 valence electrons. The molecule has 1 aromatic carbocycles. The van der Waals surface area contributed by atoms with Gasteiger partial charge >= 0.3 is 12.2 Å². The first-order valence-electron chi connectivity index (χ1n) is 8.52. The van der Waals surface area contributed by atoms with E-state index >= 15 is 0 Å². The standard InChI is InChI=1S/C19H17F3N4OS/c1-2-9-24-17(27)26-18-25-15(16(28-18)13-7-10-23-11-8-13)12-3-5-14(6-4-12)19(20,21)22/h3-8,10-11H,2,9H2,1H3,(H2,24,25,26,27). The largest absolute Gasteiger partial charge is 0.416 e. The minimum Gasteiger partial charge on any atom is -0.338 e. The fourth-order valence-electron chi connectivity index (χ4n) is 2.47.